The Bertz CT molecular complexity index is 462. The van der Waals surface area contributed by atoms with Crippen LogP contribution in [0.15, 0.2) is 0 Å². The second kappa shape index (κ2) is 8.35. The van der Waals surface area contributed by atoms with Crippen molar-refractivity contribution in [1.82, 2.24) is 10.6 Å². The van der Waals surface area contributed by atoms with E-state index in [-0.39, 0.29) is 31.6 Å². The zero-order chi connectivity index (χ0) is 15.8. The number of aliphatic carboxylic acids is 1. The van der Waals surface area contributed by atoms with Crippen molar-refractivity contribution in [3.05, 3.63) is 0 Å². The summed E-state index contributed by atoms with van der Waals surface area (Å²) in [6.07, 6.45) is 1.04. The predicted molar refractivity (Wildman–Crippen MR) is 70.7 cm³/mol. The van der Waals surface area contributed by atoms with Crippen molar-refractivity contribution < 1.29 is 27.9 Å². The van der Waals surface area contributed by atoms with E-state index in [4.69, 9.17) is 10.8 Å². The van der Waals surface area contributed by atoms with Gasteiger partial charge in [0, 0.05) is 19.2 Å². The van der Waals surface area contributed by atoms with Crippen LogP contribution in [0.1, 0.15) is 19.3 Å². The fourth-order valence-corrected chi connectivity index (χ4v) is 1.96. The van der Waals surface area contributed by atoms with Crippen molar-refractivity contribution in [3.63, 3.8) is 0 Å². The van der Waals surface area contributed by atoms with Crippen LogP contribution in [-0.2, 0) is 19.4 Å². The monoisotopic (exact) mass is 309 g/mol. The molecule has 10 heteroatoms. The minimum atomic E-state index is -3.09. The van der Waals surface area contributed by atoms with Gasteiger partial charge in [-0.25, -0.2) is 18.0 Å². The Kier molecular flexibility index (Phi) is 7.59. The van der Waals surface area contributed by atoms with Crippen molar-refractivity contribution in [2.75, 3.05) is 18.6 Å². The molecule has 0 saturated heterocycles. The summed E-state index contributed by atoms with van der Waals surface area (Å²) < 4.78 is 21.7. The van der Waals surface area contributed by atoms with Gasteiger partial charge in [0.2, 0.25) is 5.91 Å². The first-order chi connectivity index (χ1) is 9.11. The number of hydrogen-bond acceptors (Lipinski definition) is 5. The lowest BCUT2D eigenvalue weighted by atomic mass is 10.1. The van der Waals surface area contributed by atoms with E-state index in [1.807, 2.05) is 0 Å². The molecule has 0 saturated carbocycles. The topological polar surface area (TPSA) is 156 Å². The average molecular weight is 309 g/mol. The summed E-state index contributed by atoms with van der Waals surface area (Å²) in [4.78, 5) is 32.8. The van der Waals surface area contributed by atoms with E-state index in [0.29, 0.717) is 0 Å². The van der Waals surface area contributed by atoms with Gasteiger partial charge in [0.05, 0.1) is 5.75 Å². The van der Waals surface area contributed by atoms with E-state index in [9.17, 15) is 22.8 Å². The van der Waals surface area contributed by atoms with Gasteiger partial charge in [-0.15, -0.1) is 0 Å². The lowest BCUT2D eigenvalue weighted by Crippen LogP contribution is -2.46. The molecule has 0 spiro atoms. The van der Waals surface area contributed by atoms with E-state index >= 15 is 0 Å². The Labute approximate surface area is 116 Å². The second-order valence-electron chi connectivity index (χ2n) is 4.28. The Morgan fingerprint density at radius 1 is 1.30 bits per heavy atom. The molecule has 0 aromatic carbocycles. The van der Waals surface area contributed by atoms with Gasteiger partial charge in [-0.1, -0.05) is 0 Å². The number of rotatable bonds is 9. The van der Waals surface area contributed by atoms with Gasteiger partial charge >= 0.3 is 12.0 Å². The van der Waals surface area contributed by atoms with Crippen LogP contribution in [0, 0.1) is 0 Å². The molecule has 116 valence electrons. The van der Waals surface area contributed by atoms with Gasteiger partial charge in [0.25, 0.3) is 0 Å². The number of carbonyl (C=O) groups is 3. The standard InChI is InChI=1S/C10H19N3O6S/c1-20(18,19)6-2-5-12-10(17)13-7(9(15)16)3-4-8(11)14/h7H,2-6H2,1H3,(H2,11,14)(H,15,16)(H2,12,13,17)/t7-/m1/s1. The van der Waals surface area contributed by atoms with Crippen molar-refractivity contribution in [3.8, 4) is 0 Å². The number of primary amides is 1. The van der Waals surface area contributed by atoms with E-state index < -0.39 is 33.8 Å². The van der Waals surface area contributed by atoms with Crippen LogP contribution in [0.25, 0.3) is 0 Å². The summed E-state index contributed by atoms with van der Waals surface area (Å²) in [5.74, 6) is -2.01. The molecule has 0 aliphatic heterocycles. The van der Waals surface area contributed by atoms with Crippen molar-refractivity contribution in [2.45, 2.75) is 25.3 Å². The number of urea groups is 1. The normalized spacial score (nSPS) is 12.4. The molecule has 1 atom stereocenters. The van der Waals surface area contributed by atoms with Gasteiger partial charge < -0.3 is 21.5 Å². The fourth-order valence-electron chi connectivity index (χ4n) is 1.29. The number of hydrogen-bond donors (Lipinski definition) is 4. The molecule has 5 N–H and O–H groups in total. The number of carbonyl (C=O) groups excluding carboxylic acids is 2. The molecule has 0 radical (unpaired) electrons. The molecule has 0 aliphatic carbocycles. The third-order valence-corrected chi connectivity index (χ3v) is 3.29. The summed E-state index contributed by atoms with van der Waals surface area (Å²) in [5, 5.41) is 13.3. The molecule has 0 rings (SSSR count). The van der Waals surface area contributed by atoms with Crippen LogP contribution < -0.4 is 16.4 Å². The molecular weight excluding hydrogens is 290 g/mol. The minimum Gasteiger partial charge on any atom is -0.480 e. The number of nitrogens with one attached hydrogen (secondary N) is 2. The molecule has 0 aliphatic rings. The fraction of sp³-hybridized carbons (Fsp3) is 0.700. The first-order valence-corrected chi connectivity index (χ1v) is 7.91. The first kappa shape index (κ1) is 18.2. The van der Waals surface area contributed by atoms with Crippen LogP contribution in [0.2, 0.25) is 0 Å². The predicted octanol–water partition coefficient (Wildman–Crippen LogP) is -1.56. The van der Waals surface area contributed by atoms with Gasteiger partial charge in [-0.2, -0.15) is 0 Å². The zero-order valence-corrected chi connectivity index (χ0v) is 11.9. The number of carboxylic acid groups (broad SMARTS) is 1. The van der Waals surface area contributed by atoms with Crippen LogP contribution in [0.4, 0.5) is 4.79 Å². The maximum Gasteiger partial charge on any atom is 0.326 e. The third kappa shape index (κ3) is 10.1. The first-order valence-electron chi connectivity index (χ1n) is 5.85. The third-order valence-electron chi connectivity index (χ3n) is 2.26. The number of nitrogens with two attached hydrogens (primary N) is 1. The molecule has 0 aromatic heterocycles. The Balaban J connectivity index is 4.07. The minimum absolute atomic E-state index is 0.0721. The lowest BCUT2D eigenvalue weighted by molar-refractivity contribution is -0.139. The molecule has 0 fully saturated rings. The van der Waals surface area contributed by atoms with Crippen molar-refractivity contribution in [2.24, 2.45) is 5.73 Å². The molecule has 20 heavy (non-hydrogen) atoms. The molecule has 0 unspecified atom stereocenters. The van der Waals surface area contributed by atoms with E-state index in [2.05, 4.69) is 10.6 Å². The maximum absolute atomic E-state index is 11.4. The highest BCUT2D eigenvalue weighted by Gasteiger charge is 2.20. The summed E-state index contributed by atoms with van der Waals surface area (Å²) in [7, 11) is -3.09. The Hall–Kier alpha value is -1.84. The molecule has 0 bridgehead atoms. The SMILES string of the molecule is CS(=O)(=O)CCCNC(=O)N[C@H](CCC(N)=O)C(=O)O. The van der Waals surface area contributed by atoms with Crippen LogP contribution in [0.3, 0.4) is 0 Å². The van der Waals surface area contributed by atoms with Gasteiger partial charge in [-0.05, 0) is 12.8 Å². The molecule has 3 amide bonds. The molecular formula is C10H19N3O6S. The summed E-state index contributed by atoms with van der Waals surface area (Å²) in [6.45, 7) is 0.0983. The van der Waals surface area contributed by atoms with Crippen molar-refractivity contribution in [1.29, 1.82) is 0 Å². The van der Waals surface area contributed by atoms with Crippen LogP contribution in [-0.4, -0.2) is 56.0 Å². The summed E-state index contributed by atoms with van der Waals surface area (Å²) in [5.41, 5.74) is 4.89. The van der Waals surface area contributed by atoms with Crippen LogP contribution in [0.5, 0.6) is 0 Å². The Morgan fingerprint density at radius 2 is 1.90 bits per heavy atom. The molecule has 9 nitrogen and oxygen atoms in total. The van der Waals surface area contributed by atoms with Crippen molar-refractivity contribution >= 4 is 27.7 Å². The highest BCUT2D eigenvalue weighted by atomic mass is 32.2. The maximum atomic E-state index is 11.4. The zero-order valence-electron chi connectivity index (χ0n) is 11.1. The highest BCUT2D eigenvalue weighted by molar-refractivity contribution is 7.90. The largest absolute Gasteiger partial charge is 0.480 e. The second-order valence-corrected chi connectivity index (χ2v) is 6.54. The van der Waals surface area contributed by atoms with E-state index in [1.54, 1.807) is 0 Å². The van der Waals surface area contributed by atoms with E-state index in [1.165, 1.54) is 0 Å². The summed E-state index contributed by atoms with van der Waals surface area (Å²) in [6, 6.07) is -1.97. The van der Waals surface area contributed by atoms with Crippen LogP contribution >= 0.6 is 0 Å². The molecule has 0 aromatic rings. The quantitative estimate of drug-likeness (QED) is 0.377. The average Bonchev–Trinajstić information content (AvgIpc) is 2.28. The van der Waals surface area contributed by atoms with Gasteiger partial charge in [0.1, 0.15) is 15.9 Å². The lowest BCUT2D eigenvalue weighted by Gasteiger charge is -2.14. The smallest absolute Gasteiger partial charge is 0.326 e. The van der Waals surface area contributed by atoms with E-state index in [0.717, 1.165) is 6.26 Å². The Morgan fingerprint density at radius 3 is 2.35 bits per heavy atom. The number of amides is 3. The van der Waals surface area contributed by atoms with Gasteiger partial charge in [-0.3, -0.25) is 4.79 Å². The highest BCUT2D eigenvalue weighted by Crippen LogP contribution is 1.97. The number of sulfone groups is 1. The molecule has 0 heterocycles. The number of carboxylic acids is 1. The van der Waals surface area contributed by atoms with Gasteiger partial charge in [0.15, 0.2) is 0 Å². The summed E-state index contributed by atoms with van der Waals surface area (Å²) >= 11 is 0.